The van der Waals surface area contributed by atoms with Gasteiger partial charge in [-0.3, -0.25) is 5.84 Å². The molecule has 1 aromatic rings. The Balaban J connectivity index is 3.29. The summed E-state index contributed by atoms with van der Waals surface area (Å²) in [7, 11) is 0. The summed E-state index contributed by atoms with van der Waals surface area (Å²) in [6, 6.07) is 3.48. The molecule has 0 fully saturated rings. The normalized spacial score (nSPS) is 9.73. The van der Waals surface area contributed by atoms with Gasteiger partial charge in [-0.05, 0) is 28.1 Å². The highest BCUT2D eigenvalue weighted by atomic mass is 79.9. The third-order valence-corrected chi connectivity index (χ3v) is 2.55. The Morgan fingerprint density at radius 3 is 2.55 bits per heavy atom. The van der Waals surface area contributed by atoms with Gasteiger partial charge in [0.25, 0.3) is 0 Å². The minimum Gasteiger partial charge on any atom is -0.397 e. The van der Waals surface area contributed by atoms with Crippen molar-refractivity contribution in [3.63, 3.8) is 0 Å². The van der Waals surface area contributed by atoms with Crippen LogP contribution in [0.15, 0.2) is 16.6 Å². The molecule has 3 nitrogen and oxygen atoms in total. The fraction of sp³-hybridized carbons (Fsp3) is 0. The maximum Gasteiger partial charge on any atom is 0.0916 e. The van der Waals surface area contributed by atoms with Gasteiger partial charge in [0.15, 0.2) is 0 Å². The van der Waals surface area contributed by atoms with Gasteiger partial charge in [0.05, 0.1) is 16.4 Å². The molecule has 1 rings (SSSR count). The molecule has 0 aliphatic carbocycles. The van der Waals surface area contributed by atoms with E-state index in [1.54, 1.807) is 12.1 Å². The summed E-state index contributed by atoms with van der Waals surface area (Å²) in [6.45, 7) is 0. The summed E-state index contributed by atoms with van der Waals surface area (Å²) < 4.78 is 0.765. The highest BCUT2D eigenvalue weighted by molar-refractivity contribution is 9.10. The summed E-state index contributed by atoms with van der Waals surface area (Å²) in [6.07, 6.45) is 0. The number of anilines is 2. The third-order valence-electron chi connectivity index (χ3n) is 1.27. The number of hydrogen-bond acceptors (Lipinski definition) is 3. The van der Waals surface area contributed by atoms with Gasteiger partial charge in [0.2, 0.25) is 0 Å². The van der Waals surface area contributed by atoms with Gasteiger partial charge in [0, 0.05) is 4.47 Å². The molecule has 11 heavy (non-hydrogen) atoms. The van der Waals surface area contributed by atoms with Crippen LogP contribution >= 0.6 is 27.5 Å². The Hall–Kier alpha value is -0.450. The van der Waals surface area contributed by atoms with Crippen molar-refractivity contribution in [2.24, 2.45) is 5.84 Å². The van der Waals surface area contributed by atoms with E-state index in [0.29, 0.717) is 16.4 Å². The molecule has 0 aromatic heterocycles. The van der Waals surface area contributed by atoms with E-state index in [9.17, 15) is 0 Å². The minimum absolute atomic E-state index is 0.493. The van der Waals surface area contributed by atoms with Gasteiger partial charge in [0.1, 0.15) is 0 Å². The van der Waals surface area contributed by atoms with Crippen LogP contribution in [-0.4, -0.2) is 0 Å². The van der Waals surface area contributed by atoms with E-state index in [2.05, 4.69) is 21.4 Å². The SMILES string of the molecule is NNc1c(N)ccc(Br)c1Cl. The van der Waals surface area contributed by atoms with E-state index < -0.39 is 0 Å². The van der Waals surface area contributed by atoms with Crippen LogP contribution in [0.3, 0.4) is 0 Å². The van der Waals surface area contributed by atoms with E-state index in [1.807, 2.05) is 0 Å². The van der Waals surface area contributed by atoms with Crippen molar-refractivity contribution in [2.45, 2.75) is 0 Å². The fourth-order valence-corrected chi connectivity index (χ4v) is 1.27. The standard InChI is InChI=1S/C6H7BrClN3/c7-3-1-2-4(9)6(11-10)5(3)8/h1-2,11H,9-10H2. The zero-order chi connectivity index (χ0) is 8.43. The smallest absolute Gasteiger partial charge is 0.0916 e. The number of nitrogens with two attached hydrogens (primary N) is 2. The van der Waals surface area contributed by atoms with Crippen LogP contribution in [0, 0.1) is 0 Å². The van der Waals surface area contributed by atoms with Crippen molar-refractivity contribution in [2.75, 3.05) is 11.2 Å². The second-order valence-electron chi connectivity index (χ2n) is 1.97. The molecule has 60 valence electrons. The number of hydrazine groups is 1. The Labute approximate surface area is 77.8 Å². The van der Waals surface area contributed by atoms with E-state index in [4.69, 9.17) is 23.2 Å². The molecule has 0 aliphatic heterocycles. The summed E-state index contributed by atoms with van der Waals surface area (Å²) >= 11 is 9.07. The summed E-state index contributed by atoms with van der Waals surface area (Å²) in [5, 5.41) is 0.493. The van der Waals surface area contributed by atoms with Gasteiger partial charge in [-0.15, -0.1) is 0 Å². The van der Waals surface area contributed by atoms with Crippen LogP contribution in [0.4, 0.5) is 11.4 Å². The number of rotatable bonds is 1. The second-order valence-corrected chi connectivity index (χ2v) is 3.20. The third kappa shape index (κ3) is 1.58. The molecule has 5 N–H and O–H groups in total. The van der Waals surface area contributed by atoms with Crippen LogP contribution in [0.25, 0.3) is 0 Å². The zero-order valence-electron chi connectivity index (χ0n) is 5.57. The summed E-state index contributed by atoms with van der Waals surface area (Å²) in [5.74, 6) is 5.19. The van der Waals surface area contributed by atoms with E-state index in [-0.39, 0.29) is 0 Å². The number of nitrogen functional groups attached to an aromatic ring is 2. The first-order valence-electron chi connectivity index (χ1n) is 2.87. The number of benzene rings is 1. The number of halogens is 2. The summed E-state index contributed by atoms with van der Waals surface area (Å²) in [4.78, 5) is 0. The molecule has 5 heteroatoms. The number of nitrogens with one attached hydrogen (secondary N) is 1. The van der Waals surface area contributed by atoms with Crippen LogP contribution in [0.1, 0.15) is 0 Å². The van der Waals surface area contributed by atoms with Crippen LogP contribution in [0.2, 0.25) is 5.02 Å². The Bertz CT molecular complexity index is 277. The molecule has 0 saturated carbocycles. The second kappa shape index (κ2) is 3.30. The fourth-order valence-electron chi connectivity index (χ4n) is 0.712. The first-order chi connectivity index (χ1) is 5.16. The Morgan fingerprint density at radius 2 is 2.09 bits per heavy atom. The first kappa shape index (κ1) is 8.64. The molecule has 0 aliphatic rings. The van der Waals surface area contributed by atoms with Crippen molar-refractivity contribution in [3.8, 4) is 0 Å². The lowest BCUT2D eigenvalue weighted by Crippen LogP contribution is -2.09. The average molecular weight is 236 g/mol. The maximum atomic E-state index is 5.83. The van der Waals surface area contributed by atoms with E-state index in [1.165, 1.54) is 0 Å². The highest BCUT2D eigenvalue weighted by Crippen LogP contribution is 2.33. The Kier molecular flexibility index (Phi) is 2.59. The van der Waals surface area contributed by atoms with Crippen molar-refractivity contribution in [1.29, 1.82) is 0 Å². The molecule has 0 amide bonds. The van der Waals surface area contributed by atoms with Crippen LogP contribution in [-0.2, 0) is 0 Å². The molecule has 1 aromatic carbocycles. The molecule has 0 bridgehead atoms. The van der Waals surface area contributed by atoms with Crippen molar-refractivity contribution < 1.29 is 0 Å². The summed E-state index contributed by atoms with van der Waals surface area (Å²) in [5.41, 5.74) is 9.04. The molecule has 0 atom stereocenters. The number of hydrogen-bond donors (Lipinski definition) is 3. The first-order valence-corrected chi connectivity index (χ1v) is 4.04. The minimum atomic E-state index is 0.493. The van der Waals surface area contributed by atoms with Crippen LogP contribution < -0.4 is 17.0 Å². The highest BCUT2D eigenvalue weighted by Gasteiger charge is 2.05. The van der Waals surface area contributed by atoms with Crippen LogP contribution in [0.5, 0.6) is 0 Å². The predicted octanol–water partition coefficient (Wildman–Crippen LogP) is 1.97. The van der Waals surface area contributed by atoms with Gasteiger partial charge in [-0.1, -0.05) is 11.6 Å². The van der Waals surface area contributed by atoms with Crippen molar-refractivity contribution in [1.82, 2.24) is 0 Å². The molecule has 0 saturated heterocycles. The van der Waals surface area contributed by atoms with Crippen molar-refractivity contribution >= 4 is 38.9 Å². The quantitative estimate of drug-likeness (QED) is 0.397. The molecular weight excluding hydrogens is 229 g/mol. The maximum absolute atomic E-state index is 5.83. The van der Waals surface area contributed by atoms with Gasteiger partial charge in [-0.2, -0.15) is 0 Å². The van der Waals surface area contributed by atoms with Gasteiger partial charge < -0.3 is 11.2 Å². The lowest BCUT2D eigenvalue weighted by molar-refractivity contribution is 1.35. The lowest BCUT2D eigenvalue weighted by Gasteiger charge is -2.07. The molecule has 0 radical (unpaired) electrons. The zero-order valence-corrected chi connectivity index (χ0v) is 7.91. The van der Waals surface area contributed by atoms with E-state index in [0.717, 1.165) is 4.47 Å². The average Bonchev–Trinajstić information content (AvgIpc) is 1.99. The lowest BCUT2D eigenvalue weighted by atomic mass is 10.3. The van der Waals surface area contributed by atoms with Crippen molar-refractivity contribution in [3.05, 3.63) is 21.6 Å². The monoisotopic (exact) mass is 235 g/mol. The molecule has 0 unspecified atom stereocenters. The predicted molar refractivity (Wildman–Crippen MR) is 51.4 cm³/mol. The van der Waals surface area contributed by atoms with Gasteiger partial charge >= 0.3 is 0 Å². The molecule has 0 spiro atoms. The molecule has 0 heterocycles. The van der Waals surface area contributed by atoms with E-state index >= 15 is 0 Å². The topological polar surface area (TPSA) is 64.1 Å². The Morgan fingerprint density at radius 1 is 1.45 bits per heavy atom. The largest absolute Gasteiger partial charge is 0.397 e. The van der Waals surface area contributed by atoms with Gasteiger partial charge in [-0.25, -0.2) is 0 Å². The molecular formula is C6H7BrClN3.